The van der Waals surface area contributed by atoms with E-state index < -0.39 is 0 Å². The van der Waals surface area contributed by atoms with Gasteiger partial charge in [-0.15, -0.1) is 15.3 Å². The number of hydrogen-bond donors (Lipinski definition) is 1. The fourth-order valence-electron chi connectivity index (χ4n) is 1.44. The monoisotopic (exact) mass is 250 g/mol. The van der Waals surface area contributed by atoms with Gasteiger partial charge in [0.25, 0.3) is 0 Å². The second-order valence-corrected chi connectivity index (χ2v) is 5.19. The van der Waals surface area contributed by atoms with Crippen molar-refractivity contribution in [2.45, 2.75) is 39.3 Å². The molecule has 18 heavy (non-hydrogen) atoms. The maximum absolute atomic E-state index is 5.59. The molecule has 0 saturated carbocycles. The van der Waals surface area contributed by atoms with Crippen LogP contribution in [-0.2, 0) is 18.5 Å². The van der Waals surface area contributed by atoms with Crippen LogP contribution in [0.4, 0.5) is 0 Å². The highest BCUT2D eigenvalue weighted by atomic mass is 16.4. The van der Waals surface area contributed by atoms with Gasteiger partial charge in [-0.05, 0) is 7.05 Å². The normalized spacial score (nSPS) is 12.0. The average Bonchev–Trinajstić information content (AvgIpc) is 2.88. The molecule has 2 rings (SSSR count). The molecule has 0 spiro atoms. The topological polar surface area (TPSA) is 81.7 Å². The first-order valence-electron chi connectivity index (χ1n) is 5.85. The van der Waals surface area contributed by atoms with E-state index in [1.807, 2.05) is 34.0 Å². The van der Waals surface area contributed by atoms with Crippen LogP contribution >= 0.6 is 0 Å². The molecule has 2 aromatic heterocycles. The minimum atomic E-state index is -0.134. The second-order valence-electron chi connectivity index (χ2n) is 5.19. The molecule has 0 aliphatic heterocycles. The van der Waals surface area contributed by atoms with Crippen LogP contribution in [0.3, 0.4) is 0 Å². The Labute approximate surface area is 106 Å². The highest BCUT2D eigenvalue weighted by Crippen LogP contribution is 2.20. The predicted octanol–water partition coefficient (Wildman–Crippen LogP) is 0.726. The molecule has 98 valence electrons. The molecule has 0 aliphatic rings. The largest absolute Gasteiger partial charge is 0.423 e. The van der Waals surface area contributed by atoms with Gasteiger partial charge in [0.1, 0.15) is 6.54 Å². The van der Waals surface area contributed by atoms with E-state index in [1.165, 1.54) is 0 Å². The summed E-state index contributed by atoms with van der Waals surface area (Å²) in [6.45, 7) is 7.23. The summed E-state index contributed by atoms with van der Waals surface area (Å²) in [5.74, 6) is 1.17. The van der Waals surface area contributed by atoms with Crippen LogP contribution in [0.15, 0.2) is 10.6 Å². The summed E-state index contributed by atoms with van der Waals surface area (Å²) < 4.78 is 7.28. The average molecular weight is 250 g/mol. The van der Waals surface area contributed by atoms with Gasteiger partial charge in [0.2, 0.25) is 11.8 Å². The Balaban J connectivity index is 2.06. The van der Waals surface area contributed by atoms with Gasteiger partial charge < -0.3 is 9.73 Å². The molecule has 0 saturated heterocycles. The number of nitrogens with one attached hydrogen (secondary N) is 1. The molecule has 0 radical (unpaired) electrons. The number of nitrogens with zero attached hydrogens (tertiary/aromatic N) is 5. The quantitative estimate of drug-likeness (QED) is 0.861. The van der Waals surface area contributed by atoms with Gasteiger partial charge in [-0.2, -0.15) is 0 Å². The van der Waals surface area contributed by atoms with E-state index in [9.17, 15) is 0 Å². The van der Waals surface area contributed by atoms with Crippen LogP contribution in [0.5, 0.6) is 0 Å². The van der Waals surface area contributed by atoms with E-state index in [0.717, 1.165) is 5.69 Å². The Kier molecular flexibility index (Phi) is 3.42. The summed E-state index contributed by atoms with van der Waals surface area (Å²) in [5, 5.41) is 19.1. The Bertz CT molecular complexity index is 510. The smallest absolute Gasteiger partial charge is 0.238 e. The molecule has 0 aromatic carbocycles. The van der Waals surface area contributed by atoms with Gasteiger partial charge in [0, 0.05) is 12.0 Å². The first-order chi connectivity index (χ1) is 8.49. The van der Waals surface area contributed by atoms with Crippen molar-refractivity contribution in [2.75, 3.05) is 7.05 Å². The fraction of sp³-hybridized carbons (Fsp3) is 0.636. The molecule has 2 heterocycles. The van der Waals surface area contributed by atoms with Gasteiger partial charge in [0.15, 0.2) is 0 Å². The molecule has 0 bridgehead atoms. The predicted molar refractivity (Wildman–Crippen MR) is 64.9 cm³/mol. The lowest BCUT2D eigenvalue weighted by Gasteiger charge is -2.10. The minimum absolute atomic E-state index is 0.134. The van der Waals surface area contributed by atoms with Crippen LogP contribution < -0.4 is 5.32 Å². The van der Waals surface area contributed by atoms with E-state index in [4.69, 9.17) is 4.42 Å². The van der Waals surface area contributed by atoms with Crippen LogP contribution in [0.1, 0.15) is 38.2 Å². The third-order valence-electron chi connectivity index (χ3n) is 2.35. The van der Waals surface area contributed by atoms with E-state index in [-0.39, 0.29) is 5.41 Å². The Morgan fingerprint density at radius 3 is 2.67 bits per heavy atom. The molecule has 0 unspecified atom stereocenters. The van der Waals surface area contributed by atoms with Gasteiger partial charge >= 0.3 is 0 Å². The van der Waals surface area contributed by atoms with Crippen LogP contribution in [0.25, 0.3) is 0 Å². The molecule has 1 N–H and O–H groups in total. The molecule has 0 amide bonds. The zero-order valence-electron chi connectivity index (χ0n) is 11.1. The number of hydrogen-bond acceptors (Lipinski definition) is 6. The SMILES string of the molecule is CNCc1cn(Cc2nnc(C(C)(C)C)o2)nn1. The van der Waals surface area contributed by atoms with Crippen LogP contribution in [0.2, 0.25) is 0 Å². The van der Waals surface area contributed by atoms with Gasteiger partial charge in [-0.3, -0.25) is 0 Å². The number of aromatic nitrogens is 5. The zero-order chi connectivity index (χ0) is 13.2. The summed E-state index contributed by atoms with van der Waals surface area (Å²) in [6, 6.07) is 0. The highest BCUT2D eigenvalue weighted by molar-refractivity contribution is 4.97. The third kappa shape index (κ3) is 2.92. The first kappa shape index (κ1) is 12.7. The van der Waals surface area contributed by atoms with Crippen LogP contribution in [-0.4, -0.2) is 32.2 Å². The lowest BCUT2D eigenvalue weighted by atomic mass is 9.97. The standard InChI is InChI=1S/C11H18N6O/c1-11(2,3)10-15-14-9(18-10)7-17-6-8(5-12-4)13-16-17/h6,12H,5,7H2,1-4H3. The second kappa shape index (κ2) is 4.85. The van der Waals surface area contributed by atoms with Crippen molar-refractivity contribution in [3.63, 3.8) is 0 Å². The van der Waals surface area contributed by atoms with Gasteiger partial charge in [-0.25, -0.2) is 4.68 Å². The lowest BCUT2D eigenvalue weighted by Crippen LogP contribution is -2.11. The molecule has 7 heteroatoms. The first-order valence-corrected chi connectivity index (χ1v) is 5.85. The molecule has 0 fully saturated rings. The third-order valence-corrected chi connectivity index (χ3v) is 2.35. The van der Waals surface area contributed by atoms with E-state index in [2.05, 4.69) is 25.8 Å². The Hall–Kier alpha value is -1.76. The Morgan fingerprint density at radius 1 is 1.28 bits per heavy atom. The van der Waals surface area contributed by atoms with E-state index in [1.54, 1.807) is 4.68 Å². The molecule has 2 aromatic rings. The van der Waals surface area contributed by atoms with Gasteiger partial charge in [0.05, 0.1) is 11.9 Å². The van der Waals surface area contributed by atoms with Crippen LogP contribution in [0, 0.1) is 0 Å². The minimum Gasteiger partial charge on any atom is -0.423 e. The molecule has 0 atom stereocenters. The summed E-state index contributed by atoms with van der Waals surface area (Å²) in [5.41, 5.74) is 0.748. The summed E-state index contributed by atoms with van der Waals surface area (Å²) in [4.78, 5) is 0. The molecular weight excluding hydrogens is 232 g/mol. The summed E-state index contributed by atoms with van der Waals surface area (Å²) in [6.07, 6.45) is 1.86. The maximum atomic E-state index is 5.59. The lowest BCUT2D eigenvalue weighted by molar-refractivity contribution is 0.362. The van der Waals surface area contributed by atoms with E-state index in [0.29, 0.717) is 24.9 Å². The maximum Gasteiger partial charge on any atom is 0.238 e. The van der Waals surface area contributed by atoms with E-state index >= 15 is 0 Å². The van der Waals surface area contributed by atoms with Gasteiger partial charge in [-0.1, -0.05) is 26.0 Å². The molecular formula is C11H18N6O. The van der Waals surface area contributed by atoms with Crippen molar-refractivity contribution in [2.24, 2.45) is 0 Å². The molecule has 7 nitrogen and oxygen atoms in total. The van der Waals surface area contributed by atoms with Crippen molar-refractivity contribution < 1.29 is 4.42 Å². The van der Waals surface area contributed by atoms with Crippen molar-refractivity contribution in [1.29, 1.82) is 0 Å². The summed E-state index contributed by atoms with van der Waals surface area (Å²) >= 11 is 0. The van der Waals surface area contributed by atoms with Crippen molar-refractivity contribution in [1.82, 2.24) is 30.5 Å². The van der Waals surface area contributed by atoms with Crippen molar-refractivity contribution in [3.05, 3.63) is 23.7 Å². The van der Waals surface area contributed by atoms with Crippen molar-refractivity contribution in [3.8, 4) is 0 Å². The molecule has 0 aliphatic carbocycles. The highest BCUT2D eigenvalue weighted by Gasteiger charge is 2.21. The summed E-state index contributed by atoms with van der Waals surface area (Å²) in [7, 11) is 1.87. The zero-order valence-corrected chi connectivity index (χ0v) is 11.1. The van der Waals surface area contributed by atoms with Crippen molar-refractivity contribution >= 4 is 0 Å². The number of rotatable bonds is 4. The Morgan fingerprint density at radius 2 is 2.06 bits per heavy atom. The fourth-order valence-corrected chi connectivity index (χ4v) is 1.44.